The summed E-state index contributed by atoms with van der Waals surface area (Å²) in [5.74, 6) is -1.81. The standard InChI is InChI=1S/C15H18BrNO3/c1-8-5-11(12(6-8)15(19)20)14(18)17-13-7-10(16)4-3-9(13)2/h3-4,7-8,11-12H,5-6H2,1-2H3,(H,17,18)(H,19,20). The normalized spacial score (nSPS) is 25.4. The lowest BCUT2D eigenvalue weighted by molar-refractivity contribution is -0.145. The molecular formula is C15H18BrNO3. The van der Waals surface area contributed by atoms with Gasteiger partial charge in [0.1, 0.15) is 0 Å². The minimum Gasteiger partial charge on any atom is -0.481 e. The summed E-state index contributed by atoms with van der Waals surface area (Å²) in [6.45, 7) is 3.90. The van der Waals surface area contributed by atoms with E-state index in [1.807, 2.05) is 32.0 Å². The molecule has 1 aromatic rings. The number of carbonyl (C=O) groups is 2. The molecule has 20 heavy (non-hydrogen) atoms. The summed E-state index contributed by atoms with van der Waals surface area (Å²) in [7, 11) is 0. The van der Waals surface area contributed by atoms with Gasteiger partial charge in [-0.05, 0) is 43.4 Å². The van der Waals surface area contributed by atoms with E-state index in [1.54, 1.807) is 0 Å². The van der Waals surface area contributed by atoms with Crippen LogP contribution < -0.4 is 5.32 Å². The Morgan fingerprint density at radius 2 is 1.95 bits per heavy atom. The number of halogens is 1. The lowest BCUT2D eigenvalue weighted by Gasteiger charge is -2.16. The van der Waals surface area contributed by atoms with Crippen molar-refractivity contribution in [2.45, 2.75) is 26.7 Å². The summed E-state index contributed by atoms with van der Waals surface area (Å²) in [5, 5.41) is 12.1. The van der Waals surface area contributed by atoms with Crippen molar-refractivity contribution in [3.05, 3.63) is 28.2 Å². The van der Waals surface area contributed by atoms with Crippen molar-refractivity contribution in [3.63, 3.8) is 0 Å². The van der Waals surface area contributed by atoms with Crippen LogP contribution in [0.4, 0.5) is 5.69 Å². The molecule has 1 aliphatic rings. The van der Waals surface area contributed by atoms with Gasteiger partial charge in [-0.25, -0.2) is 0 Å². The average molecular weight is 340 g/mol. The number of nitrogens with one attached hydrogen (secondary N) is 1. The third kappa shape index (κ3) is 3.20. The van der Waals surface area contributed by atoms with Crippen molar-refractivity contribution in [1.29, 1.82) is 0 Å². The molecular weight excluding hydrogens is 322 g/mol. The lowest BCUT2D eigenvalue weighted by Crippen LogP contribution is -2.30. The molecule has 1 fully saturated rings. The van der Waals surface area contributed by atoms with E-state index >= 15 is 0 Å². The van der Waals surface area contributed by atoms with Crippen LogP contribution in [-0.2, 0) is 9.59 Å². The maximum Gasteiger partial charge on any atom is 0.307 e. The third-order valence-electron chi connectivity index (χ3n) is 3.91. The first kappa shape index (κ1) is 15.0. The molecule has 1 amide bonds. The Hall–Kier alpha value is -1.36. The molecule has 0 bridgehead atoms. The van der Waals surface area contributed by atoms with Crippen molar-refractivity contribution >= 4 is 33.5 Å². The molecule has 0 radical (unpaired) electrons. The monoisotopic (exact) mass is 339 g/mol. The molecule has 108 valence electrons. The van der Waals surface area contributed by atoms with Crippen molar-refractivity contribution in [1.82, 2.24) is 0 Å². The van der Waals surface area contributed by atoms with Crippen LogP contribution in [0.5, 0.6) is 0 Å². The van der Waals surface area contributed by atoms with E-state index in [4.69, 9.17) is 0 Å². The second kappa shape index (κ2) is 5.95. The zero-order valence-corrected chi connectivity index (χ0v) is 13.1. The predicted molar refractivity (Wildman–Crippen MR) is 80.5 cm³/mol. The first-order valence-electron chi connectivity index (χ1n) is 6.68. The van der Waals surface area contributed by atoms with E-state index in [0.29, 0.717) is 12.8 Å². The maximum absolute atomic E-state index is 12.3. The number of hydrogen-bond acceptors (Lipinski definition) is 2. The predicted octanol–water partition coefficient (Wildman–Crippen LogP) is 3.44. The fourth-order valence-corrected chi connectivity index (χ4v) is 3.17. The van der Waals surface area contributed by atoms with Gasteiger partial charge in [-0.15, -0.1) is 0 Å². The Balaban J connectivity index is 2.15. The molecule has 2 N–H and O–H groups in total. The number of benzene rings is 1. The molecule has 4 nitrogen and oxygen atoms in total. The summed E-state index contributed by atoms with van der Waals surface area (Å²) >= 11 is 3.37. The van der Waals surface area contributed by atoms with Gasteiger partial charge in [-0.2, -0.15) is 0 Å². The highest BCUT2D eigenvalue weighted by molar-refractivity contribution is 9.10. The number of aryl methyl sites for hydroxylation is 1. The van der Waals surface area contributed by atoms with Gasteiger partial charge in [0.15, 0.2) is 0 Å². The van der Waals surface area contributed by atoms with Crippen molar-refractivity contribution in [2.75, 3.05) is 5.32 Å². The fourth-order valence-electron chi connectivity index (χ4n) is 2.81. The molecule has 0 aliphatic heterocycles. The molecule has 0 aromatic heterocycles. The van der Waals surface area contributed by atoms with Crippen LogP contribution in [0.1, 0.15) is 25.3 Å². The maximum atomic E-state index is 12.3. The van der Waals surface area contributed by atoms with Gasteiger partial charge in [0, 0.05) is 10.2 Å². The number of carboxylic acid groups (broad SMARTS) is 1. The zero-order valence-electron chi connectivity index (χ0n) is 11.5. The number of amides is 1. The first-order chi connectivity index (χ1) is 9.38. The van der Waals surface area contributed by atoms with Crippen molar-refractivity contribution in [3.8, 4) is 0 Å². The van der Waals surface area contributed by atoms with Gasteiger partial charge in [0.2, 0.25) is 5.91 Å². The highest BCUT2D eigenvalue weighted by atomic mass is 79.9. The van der Waals surface area contributed by atoms with E-state index in [2.05, 4.69) is 21.2 Å². The Morgan fingerprint density at radius 3 is 2.60 bits per heavy atom. The number of anilines is 1. The summed E-state index contributed by atoms with van der Waals surface area (Å²) in [4.78, 5) is 23.6. The van der Waals surface area contributed by atoms with Crippen molar-refractivity contribution in [2.24, 2.45) is 17.8 Å². The summed E-state index contributed by atoms with van der Waals surface area (Å²) in [5.41, 5.74) is 1.69. The van der Waals surface area contributed by atoms with Gasteiger partial charge in [0.25, 0.3) is 0 Å². The van der Waals surface area contributed by atoms with Crippen LogP contribution in [0.25, 0.3) is 0 Å². The minimum atomic E-state index is -0.875. The Morgan fingerprint density at radius 1 is 1.30 bits per heavy atom. The number of hydrogen-bond donors (Lipinski definition) is 2. The molecule has 5 heteroatoms. The molecule has 1 saturated carbocycles. The second-order valence-corrected chi connectivity index (χ2v) is 6.49. The molecule has 1 aromatic carbocycles. The number of aliphatic carboxylic acids is 1. The van der Waals surface area contributed by atoms with Crippen LogP contribution in [0.2, 0.25) is 0 Å². The van der Waals surface area contributed by atoms with E-state index in [0.717, 1.165) is 15.7 Å². The highest BCUT2D eigenvalue weighted by Crippen LogP contribution is 2.37. The van der Waals surface area contributed by atoms with E-state index in [9.17, 15) is 14.7 Å². The van der Waals surface area contributed by atoms with Crippen LogP contribution >= 0.6 is 15.9 Å². The highest BCUT2D eigenvalue weighted by Gasteiger charge is 2.41. The summed E-state index contributed by atoms with van der Waals surface area (Å²) in [6, 6.07) is 5.65. The molecule has 3 unspecified atom stereocenters. The topological polar surface area (TPSA) is 66.4 Å². The van der Waals surface area contributed by atoms with Gasteiger partial charge < -0.3 is 10.4 Å². The molecule has 0 saturated heterocycles. The molecule has 2 rings (SSSR count). The SMILES string of the molecule is Cc1ccc(Br)cc1NC(=O)C1CC(C)CC1C(=O)O. The Bertz CT molecular complexity index is 544. The van der Waals surface area contributed by atoms with Crippen LogP contribution in [0.3, 0.4) is 0 Å². The first-order valence-corrected chi connectivity index (χ1v) is 7.47. The number of carboxylic acids is 1. The fraction of sp³-hybridized carbons (Fsp3) is 0.467. The van der Waals surface area contributed by atoms with E-state index in [-0.39, 0.29) is 11.8 Å². The third-order valence-corrected chi connectivity index (χ3v) is 4.40. The van der Waals surface area contributed by atoms with Gasteiger partial charge >= 0.3 is 5.97 Å². The minimum absolute atomic E-state index is 0.192. The average Bonchev–Trinajstić information content (AvgIpc) is 2.76. The summed E-state index contributed by atoms with van der Waals surface area (Å²) < 4.78 is 0.882. The van der Waals surface area contributed by atoms with Crippen LogP contribution in [-0.4, -0.2) is 17.0 Å². The van der Waals surface area contributed by atoms with Crippen LogP contribution in [0, 0.1) is 24.7 Å². The summed E-state index contributed by atoms with van der Waals surface area (Å²) in [6.07, 6.45) is 1.21. The largest absolute Gasteiger partial charge is 0.481 e. The molecule has 1 aliphatic carbocycles. The molecule has 0 spiro atoms. The molecule has 3 atom stereocenters. The zero-order chi connectivity index (χ0) is 14.9. The Labute approximate surface area is 126 Å². The second-order valence-electron chi connectivity index (χ2n) is 5.58. The van der Waals surface area contributed by atoms with Crippen LogP contribution in [0.15, 0.2) is 22.7 Å². The van der Waals surface area contributed by atoms with Gasteiger partial charge in [0.05, 0.1) is 11.8 Å². The lowest BCUT2D eigenvalue weighted by atomic mass is 9.95. The van der Waals surface area contributed by atoms with Gasteiger partial charge in [-0.1, -0.05) is 28.9 Å². The smallest absolute Gasteiger partial charge is 0.307 e. The quantitative estimate of drug-likeness (QED) is 0.886. The van der Waals surface area contributed by atoms with E-state index in [1.165, 1.54) is 0 Å². The van der Waals surface area contributed by atoms with E-state index < -0.39 is 17.8 Å². The van der Waals surface area contributed by atoms with Crippen molar-refractivity contribution < 1.29 is 14.7 Å². The number of carbonyl (C=O) groups excluding carboxylic acids is 1. The Kier molecular flexibility index (Phi) is 4.48. The van der Waals surface area contributed by atoms with Gasteiger partial charge in [-0.3, -0.25) is 9.59 Å². The number of rotatable bonds is 3. The molecule has 0 heterocycles.